The van der Waals surface area contributed by atoms with Gasteiger partial charge in [-0.2, -0.15) is 4.90 Å². The van der Waals surface area contributed by atoms with Crippen LogP contribution in [0.4, 0.5) is 4.79 Å². The standard InChI is InChI=1S/C24H27NO7/c1-13(8-14-4-3-5-16(27)9-14)6-7-19-20-15(11-26)10-17-21(18(20)12-32-19)23(29)25(22(17)28)24(30)31-2/h3-5,8-9,17-19,21,26-27H,6-7,10-12H2,1-2H3/b13-8+/t17-,18+,19-,21-/m1/s1. The Morgan fingerprint density at radius 2 is 2.06 bits per heavy atom. The van der Waals surface area contributed by atoms with Gasteiger partial charge in [0.15, 0.2) is 0 Å². The lowest BCUT2D eigenvalue weighted by atomic mass is 9.69. The largest absolute Gasteiger partial charge is 0.508 e. The van der Waals surface area contributed by atoms with E-state index < -0.39 is 29.7 Å². The van der Waals surface area contributed by atoms with Crippen LogP contribution in [0.15, 0.2) is 41.0 Å². The average Bonchev–Trinajstić information content (AvgIpc) is 3.30. The summed E-state index contributed by atoms with van der Waals surface area (Å²) in [5, 5.41) is 19.6. The highest BCUT2D eigenvalue weighted by atomic mass is 16.5. The van der Waals surface area contributed by atoms with E-state index in [9.17, 15) is 24.6 Å². The molecule has 8 nitrogen and oxygen atoms in total. The Bertz CT molecular complexity index is 1010. The lowest BCUT2D eigenvalue weighted by Crippen LogP contribution is -2.38. The molecule has 1 aromatic carbocycles. The van der Waals surface area contributed by atoms with E-state index in [0.29, 0.717) is 11.3 Å². The van der Waals surface area contributed by atoms with E-state index in [0.717, 1.165) is 35.8 Å². The van der Waals surface area contributed by atoms with Crippen molar-refractivity contribution in [2.75, 3.05) is 20.3 Å². The number of rotatable bonds is 5. The maximum atomic E-state index is 12.9. The van der Waals surface area contributed by atoms with Gasteiger partial charge in [0.1, 0.15) is 5.75 Å². The Kier molecular flexibility index (Phi) is 6.17. The first-order valence-corrected chi connectivity index (χ1v) is 10.7. The normalized spacial score (nSPS) is 27.6. The van der Waals surface area contributed by atoms with Crippen molar-refractivity contribution in [2.45, 2.75) is 32.3 Å². The van der Waals surface area contributed by atoms with Crippen LogP contribution in [0.5, 0.6) is 5.75 Å². The maximum Gasteiger partial charge on any atom is 0.423 e. The number of hydrogen-bond donors (Lipinski definition) is 2. The van der Waals surface area contributed by atoms with Crippen molar-refractivity contribution in [1.82, 2.24) is 4.90 Å². The quantitative estimate of drug-likeness (QED) is 0.533. The van der Waals surface area contributed by atoms with Crippen molar-refractivity contribution >= 4 is 24.0 Å². The topological polar surface area (TPSA) is 113 Å². The van der Waals surface area contributed by atoms with Crippen molar-refractivity contribution in [3.05, 3.63) is 46.5 Å². The fourth-order valence-corrected chi connectivity index (χ4v) is 5.22. The number of aromatic hydroxyl groups is 1. The van der Waals surface area contributed by atoms with Gasteiger partial charge in [0.2, 0.25) is 11.8 Å². The summed E-state index contributed by atoms with van der Waals surface area (Å²) in [6.07, 6.45) is 2.40. The Morgan fingerprint density at radius 3 is 2.75 bits per heavy atom. The second-order valence-electron chi connectivity index (χ2n) is 8.59. The number of aliphatic hydroxyl groups is 1. The van der Waals surface area contributed by atoms with Crippen molar-refractivity contribution < 1.29 is 34.1 Å². The van der Waals surface area contributed by atoms with Crippen LogP contribution in [0, 0.1) is 17.8 Å². The third kappa shape index (κ3) is 3.84. The van der Waals surface area contributed by atoms with Gasteiger partial charge in [0, 0.05) is 5.92 Å². The van der Waals surface area contributed by atoms with E-state index in [1.54, 1.807) is 18.2 Å². The van der Waals surface area contributed by atoms with Crippen molar-refractivity contribution in [2.24, 2.45) is 17.8 Å². The predicted molar refractivity (Wildman–Crippen MR) is 114 cm³/mol. The first-order valence-electron chi connectivity index (χ1n) is 10.7. The number of methoxy groups -OCH3 is 1. The molecule has 4 atom stereocenters. The number of amides is 3. The summed E-state index contributed by atoms with van der Waals surface area (Å²) < 4.78 is 10.6. The highest BCUT2D eigenvalue weighted by molar-refractivity contribution is 6.16. The van der Waals surface area contributed by atoms with Crippen LogP contribution >= 0.6 is 0 Å². The van der Waals surface area contributed by atoms with Gasteiger partial charge in [-0.15, -0.1) is 0 Å². The monoisotopic (exact) mass is 441 g/mol. The number of hydrogen-bond acceptors (Lipinski definition) is 7. The minimum absolute atomic E-state index is 0.208. The molecule has 1 aromatic rings. The van der Waals surface area contributed by atoms with Crippen LogP contribution in [-0.2, 0) is 19.1 Å². The molecule has 0 unspecified atom stereocenters. The molecule has 1 aliphatic carbocycles. The third-order valence-electron chi connectivity index (χ3n) is 6.64. The van der Waals surface area contributed by atoms with Gasteiger partial charge in [-0.1, -0.05) is 23.8 Å². The predicted octanol–water partition coefficient (Wildman–Crippen LogP) is 2.65. The van der Waals surface area contributed by atoms with Crippen LogP contribution in [-0.4, -0.2) is 59.4 Å². The molecule has 2 heterocycles. The number of fused-ring (bicyclic) bond motifs is 3. The van der Waals surface area contributed by atoms with Crippen LogP contribution in [0.1, 0.15) is 31.7 Å². The molecule has 2 N–H and O–H groups in total. The Balaban J connectivity index is 1.52. The maximum absolute atomic E-state index is 12.9. The first kappa shape index (κ1) is 22.2. The molecule has 2 aliphatic heterocycles. The summed E-state index contributed by atoms with van der Waals surface area (Å²) in [6, 6.07) is 7.01. The van der Waals surface area contributed by atoms with Crippen LogP contribution in [0.2, 0.25) is 0 Å². The molecule has 4 rings (SSSR count). The summed E-state index contributed by atoms with van der Waals surface area (Å²) in [4.78, 5) is 38.2. The summed E-state index contributed by atoms with van der Waals surface area (Å²) in [6.45, 7) is 2.06. The highest BCUT2D eigenvalue weighted by Crippen LogP contribution is 2.49. The molecule has 0 bridgehead atoms. The molecule has 2 fully saturated rings. The average molecular weight is 441 g/mol. The van der Waals surface area contributed by atoms with Crippen molar-refractivity contribution in [3.8, 4) is 5.75 Å². The van der Waals surface area contributed by atoms with Crippen LogP contribution < -0.4 is 0 Å². The minimum Gasteiger partial charge on any atom is -0.508 e. The second kappa shape index (κ2) is 8.88. The third-order valence-corrected chi connectivity index (χ3v) is 6.64. The molecule has 2 saturated heterocycles. The SMILES string of the molecule is COC(=O)N1C(=O)[C@@H]2[C@@H](CC(CO)=C3[C@@H](CC/C(C)=C/c4cccc(O)c4)OC[C@@H]32)C1=O. The lowest BCUT2D eigenvalue weighted by molar-refractivity contribution is -0.137. The minimum atomic E-state index is -0.968. The van der Waals surface area contributed by atoms with E-state index in [1.807, 2.05) is 19.1 Å². The summed E-state index contributed by atoms with van der Waals surface area (Å²) in [5.41, 5.74) is 3.63. The number of allylic oxidation sites excluding steroid dienone is 1. The van der Waals surface area contributed by atoms with E-state index in [2.05, 4.69) is 4.74 Å². The number of carbonyl (C=O) groups is 3. The molecule has 32 heavy (non-hydrogen) atoms. The van der Waals surface area contributed by atoms with Crippen LogP contribution in [0.25, 0.3) is 6.08 Å². The number of benzene rings is 1. The number of nitrogens with zero attached hydrogens (tertiary/aromatic N) is 1. The molecule has 170 valence electrons. The zero-order valence-corrected chi connectivity index (χ0v) is 18.1. The molecule has 3 aliphatic rings. The number of phenols is 1. The van der Waals surface area contributed by atoms with Gasteiger partial charge in [0.25, 0.3) is 0 Å². The van der Waals surface area contributed by atoms with Crippen molar-refractivity contribution in [1.29, 1.82) is 0 Å². The molecular weight excluding hydrogens is 414 g/mol. The highest BCUT2D eigenvalue weighted by Gasteiger charge is 2.58. The first-order chi connectivity index (χ1) is 15.3. The Morgan fingerprint density at radius 1 is 1.28 bits per heavy atom. The van der Waals surface area contributed by atoms with Gasteiger partial charge in [-0.3, -0.25) is 9.59 Å². The number of imide groups is 3. The van der Waals surface area contributed by atoms with Gasteiger partial charge in [-0.25, -0.2) is 4.79 Å². The molecular formula is C24H27NO7. The zero-order chi connectivity index (χ0) is 23.0. The van der Waals surface area contributed by atoms with E-state index >= 15 is 0 Å². The Hall–Kier alpha value is -2.97. The van der Waals surface area contributed by atoms with Gasteiger partial charge >= 0.3 is 6.09 Å². The van der Waals surface area contributed by atoms with Gasteiger partial charge in [-0.05, 0) is 55.0 Å². The molecule has 0 saturated carbocycles. The number of ether oxygens (including phenoxy) is 2. The molecule has 0 aromatic heterocycles. The molecule has 0 radical (unpaired) electrons. The van der Waals surface area contributed by atoms with E-state index in [-0.39, 0.29) is 37.4 Å². The number of carbonyl (C=O) groups excluding carboxylic acids is 3. The Labute approximate surface area is 186 Å². The van der Waals surface area contributed by atoms with E-state index in [4.69, 9.17) is 4.74 Å². The zero-order valence-electron chi connectivity index (χ0n) is 18.1. The fraction of sp³-hybridized carbons (Fsp3) is 0.458. The smallest absolute Gasteiger partial charge is 0.423 e. The summed E-state index contributed by atoms with van der Waals surface area (Å²) in [5.74, 6) is -2.57. The number of phenolic OH excluding ortho intramolecular Hbond substituents is 1. The van der Waals surface area contributed by atoms with Gasteiger partial charge < -0.3 is 19.7 Å². The van der Waals surface area contributed by atoms with E-state index in [1.165, 1.54) is 0 Å². The fourth-order valence-electron chi connectivity index (χ4n) is 5.22. The second-order valence-corrected chi connectivity index (χ2v) is 8.59. The molecule has 8 heteroatoms. The number of likely N-dealkylation sites (tertiary alicyclic amines) is 1. The van der Waals surface area contributed by atoms with Gasteiger partial charge in [0.05, 0.1) is 38.3 Å². The summed E-state index contributed by atoms with van der Waals surface area (Å²) in [7, 11) is 1.13. The number of aliphatic hydroxyl groups excluding tert-OH is 1. The lowest BCUT2D eigenvalue weighted by Gasteiger charge is -2.31. The van der Waals surface area contributed by atoms with Crippen LogP contribution in [0.3, 0.4) is 0 Å². The molecule has 0 spiro atoms. The van der Waals surface area contributed by atoms with Crippen molar-refractivity contribution in [3.63, 3.8) is 0 Å². The summed E-state index contributed by atoms with van der Waals surface area (Å²) >= 11 is 0. The molecule has 3 amide bonds.